The zero-order chi connectivity index (χ0) is 23.8. The smallest absolute Gasteiger partial charge is 0.407 e. The summed E-state index contributed by atoms with van der Waals surface area (Å²) in [5, 5.41) is 12.9. The molecule has 1 saturated heterocycles. The van der Waals surface area contributed by atoms with Gasteiger partial charge in [-0.2, -0.15) is 0 Å². The molecule has 6 nitrogen and oxygen atoms in total. The maximum Gasteiger partial charge on any atom is 0.407 e. The molecule has 1 heterocycles. The molecule has 3 rings (SSSR count). The van der Waals surface area contributed by atoms with Crippen LogP contribution in [0.15, 0.2) is 54.6 Å². The van der Waals surface area contributed by atoms with Crippen LogP contribution in [-0.2, 0) is 20.7 Å². The molecule has 1 fully saturated rings. The Morgan fingerprint density at radius 2 is 1.64 bits per heavy atom. The van der Waals surface area contributed by atoms with Crippen molar-refractivity contribution in [1.29, 1.82) is 0 Å². The van der Waals surface area contributed by atoms with Gasteiger partial charge in [0.15, 0.2) is 0 Å². The molecule has 2 aromatic carbocycles. The van der Waals surface area contributed by atoms with E-state index in [1.807, 2.05) is 51.1 Å². The number of benzene rings is 2. The first kappa shape index (κ1) is 24.8. The molecule has 1 amide bonds. The Morgan fingerprint density at radius 3 is 2.21 bits per heavy atom. The summed E-state index contributed by atoms with van der Waals surface area (Å²) in [5.41, 5.74) is 2.66. The second kappa shape index (κ2) is 11.3. The Hall–Kier alpha value is -2.86. The highest BCUT2D eigenvalue weighted by molar-refractivity contribution is 5.71. The van der Waals surface area contributed by atoms with E-state index in [-0.39, 0.29) is 12.0 Å². The SMILES string of the molecule is CC(C)(C)OC(=O)N[C@H](Cc1ccc(-c2ccccc2)cc1)CC(C(=O)O)C1CCOCC1. The zero-order valence-electron chi connectivity index (χ0n) is 19.8. The van der Waals surface area contributed by atoms with E-state index in [4.69, 9.17) is 9.47 Å². The van der Waals surface area contributed by atoms with Gasteiger partial charge in [0.2, 0.25) is 0 Å². The van der Waals surface area contributed by atoms with Crippen LogP contribution in [0.25, 0.3) is 11.1 Å². The quantitative estimate of drug-likeness (QED) is 0.566. The van der Waals surface area contributed by atoms with Gasteiger partial charge in [-0.15, -0.1) is 0 Å². The summed E-state index contributed by atoms with van der Waals surface area (Å²) in [5.74, 6) is -1.32. The number of hydrogen-bond donors (Lipinski definition) is 2. The minimum Gasteiger partial charge on any atom is -0.481 e. The molecule has 2 N–H and O–H groups in total. The van der Waals surface area contributed by atoms with E-state index in [1.165, 1.54) is 0 Å². The van der Waals surface area contributed by atoms with E-state index in [0.29, 0.717) is 26.1 Å². The molecule has 33 heavy (non-hydrogen) atoms. The van der Waals surface area contributed by atoms with Crippen LogP contribution in [0.2, 0.25) is 0 Å². The van der Waals surface area contributed by atoms with Gasteiger partial charge in [0.1, 0.15) is 5.60 Å². The minimum atomic E-state index is -0.822. The van der Waals surface area contributed by atoms with Crippen molar-refractivity contribution in [1.82, 2.24) is 5.32 Å². The van der Waals surface area contributed by atoms with Crippen molar-refractivity contribution < 1.29 is 24.2 Å². The number of carboxylic acid groups (broad SMARTS) is 1. The van der Waals surface area contributed by atoms with E-state index in [1.54, 1.807) is 0 Å². The summed E-state index contributed by atoms with van der Waals surface area (Å²) in [6.45, 7) is 6.60. The number of amides is 1. The second-order valence-corrected chi connectivity index (χ2v) is 9.74. The summed E-state index contributed by atoms with van der Waals surface area (Å²) in [6, 6.07) is 18.0. The van der Waals surface area contributed by atoms with Crippen LogP contribution in [-0.4, -0.2) is 42.0 Å². The molecule has 2 aromatic rings. The zero-order valence-corrected chi connectivity index (χ0v) is 19.8. The fourth-order valence-corrected chi connectivity index (χ4v) is 4.34. The first-order valence-corrected chi connectivity index (χ1v) is 11.7. The van der Waals surface area contributed by atoms with Gasteiger partial charge in [-0.3, -0.25) is 4.79 Å². The number of nitrogens with one attached hydrogen (secondary N) is 1. The van der Waals surface area contributed by atoms with E-state index in [2.05, 4.69) is 29.6 Å². The van der Waals surface area contributed by atoms with Crippen molar-refractivity contribution >= 4 is 12.1 Å². The summed E-state index contributed by atoms with van der Waals surface area (Å²) < 4.78 is 10.9. The molecular formula is C27H35NO5. The Balaban J connectivity index is 1.75. The van der Waals surface area contributed by atoms with Gasteiger partial charge in [0.05, 0.1) is 5.92 Å². The van der Waals surface area contributed by atoms with Crippen LogP contribution in [0.3, 0.4) is 0 Å². The summed E-state index contributed by atoms with van der Waals surface area (Å²) in [4.78, 5) is 24.6. The van der Waals surface area contributed by atoms with Crippen molar-refractivity contribution in [2.45, 2.75) is 58.1 Å². The fourth-order valence-electron chi connectivity index (χ4n) is 4.34. The molecule has 2 atom stereocenters. The molecule has 1 aliphatic rings. The molecule has 0 aliphatic carbocycles. The van der Waals surface area contributed by atoms with Crippen LogP contribution in [0, 0.1) is 11.8 Å². The molecule has 1 aliphatic heterocycles. The minimum absolute atomic E-state index is 0.0413. The molecule has 6 heteroatoms. The van der Waals surface area contributed by atoms with Crippen molar-refractivity contribution in [2.24, 2.45) is 11.8 Å². The lowest BCUT2D eigenvalue weighted by molar-refractivity contribution is -0.145. The number of carbonyl (C=O) groups is 2. The van der Waals surface area contributed by atoms with E-state index >= 15 is 0 Å². The Kier molecular flexibility index (Phi) is 8.50. The van der Waals surface area contributed by atoms with E-state index in [0.717, 1.165) is 29.5 Å². The topological polar surface area (TPSA) is 84.9 Å². The monoisotopic (exact) mass is 453 g/mol. The van der Waals surface area contributed by atoms with Gasteiger partial charge in [0.25, 0.3) is 0 Å². The van der Waals surface area contributed by atoms with Gasteiger partial charge in [-0.25, -0.2) is 4.79 Å². The second-order valence-electron chi connectivity index (χ2n) is 9.74. The van der Waals surface area contributed by atoms with Gasteiger partial charge < -0.3 is 19.9 Å². The maximum atomic E-state index is 12.5. The fraction of sp³-hybridized carbons (Fsp3) is 0.481. The van der Waals surface area contributed by atoms with Gasteiger partial charge in [0, 0.05) is 19.3 Å². The van der Waals surface area contributed by atoms with Crippen LogP contribution in [0.1, 0.15) is 45.6 Å². The van der Waals surface area contributed by atoms with E-state index < -0.39 is 23.6 Å². The van der Waals surface area contributed by atoms with Crippen LogP contribution in [0.4, 0.5) is 4.79 Å². The average molecular weight is 454 g/mol. The van der Waals surface area contributed by atoms with Crippen molar-refractivity contribution in [3.05, 3.63) is 60.2 Å². The number of ether oxygens (including phenoxy) is 2. The molecule has 0 bridgehead atoms. The van der Waals surface area contributed by atoms with Gasteiger partial charge >= 0.3 is 12.1 Å². The third-order valence-corrected chi connectivity index (χ3v) is 5.95. The van der Waals surface area contributed by atoms with E-state index in [9.17, 15) is 14.7 Å². The Bertz CT molecular complexity index is 898. The predicted molar refractivity (Wildman–Crippen MR) is 128 cm³/mol. The first-order valence-electron chi connectivity index (χ1n) is 11.7. The molecule has 1 unspecified atom stereocenters. The lowest BCUT2D eigenvalue weighted by Gasteiger charge is -2.31. The Morgan fingerprint density at radius 1 is 1.03 bits per heavy atom. The highest BCUT2D eigenvalue weighted by atomic mass is 16.6. The molecule has 0 radical (unpaired) electrons. The number of alkyl carbamates (subject to hydrolysis) is 1. The van der Waals surface area contributed by atoms with Crippen LogP contribution < -0.4 is 5.32 Å². The normalized spacial score (nSPS) is 16.6. The largest absolute Gasteiger partial charge is 0.481 e. The maximum absolute atomic E-state index is 12.5. The predicted octanol–water partition coefficient (Wildman–Crippen LogP) is 5.31. The number of aliphatic carboxylic acids is 1. The van der Waals surface area contributed by atoms with Gasteiger partial charge in [-0.1, -0.05) is 54.6 Å². The first-order chi connectivity index (χ1) is 15.7. The molecule has 178 valence electrons. The molecule has 0 saturated carbocycles. The molecule has 0 spiro atoms. The molecular weight excluding hydrogens is 418 g/mol. The number of rotatable bonds is 8. The number of carbonyl (C=O) groups excluding carboxylic acids is 1. The highest BCUT2D eigenvalue weighted by Crippen LogP contribution is 2.29. The van der Waals surface area contributed by atoms with Gasteiger partial charge in [-0.05, 0) is 69.1 Å². The standard InChI is InChI=1S/C27H35NO5/c1-27(2,3)33-26(31)28-23(18-24(25(29)30)22-13-15-32-16-14-22)17-19-9-11-21(12-10-19)20-7-5-4-6-8-20/h4-12,22-24H,13-18H2,1-3H3,(H,28,31)(H,29,30)/t23-,24?/m1/s1. The molecule has 0 aromatic heterocycles. The lowest BCUT2D eigenvalue weighted by atomic mass is 9.81. The average Bonchev–Trinajstić information content (AvgIpc) is 2.77. The number of hydrogen-bond acceptors (Lipinski definition) is 4. The lowest BCUT2D eigenvalue weighted by Crippen LogP contribution is -2.43. The third kappa shape index (κ3) is 7.90. The summed E-state index contributed by atoms with van der Waals surface area (Å²) in [6.07, 6.45) is 1.80. The summed E-state index contributed by atoms with van der Waals surface area (Å²) in [7, 11) is 0. The van der Waals surface area contributed by atoms with Crippen LogP contribution >= 0.6 is 0 Å². The van der Waals surface area contributed by atoms with Crippen molar-refractivity contribution in [3.63, 3.8) is 0 Å². The number of carboxylic acids is 1. The Labute approximate surface area is 196 Å². The third-order valence-electron chi connectivity index (χ3n) is 5.95. The summed E-state index contributed by atoms with van der Waals surface area (Å²) >= 11 is 0. The van der Waals surface area contributed by atoms with Crippen molar-refractivity contribution in [3.8, 4) is 11.1 Å². The van der Waals surface area contributed by atoms with Crippen LogP contribution in [0.5, 0.6) is 0 Å². The van der Waals surface area contributed by atoms with Crippen molar-refractivity contribution in [2.75, 3.05) is 13.2 Å². The highest BCUT2D eigenvalue weighted by Gasteiger charge is 2.33.